The van der Waals surface area contributed by atoms with E-state index >= 15 is 0 Å². The molecule has 0 aliphatic rings. The Balaban J connectivity index is 0.000000380. The lowest BCUT2D eigenvalue weighted by Crippen LogP contribution is -2.53. The van der Waals surface area contributed by atoms with Crippen LogP contribution in [0, 0.1) is 46.7 Å². The van der Waals surface area contributed by atoms with Crippen LogP contribution >= 0.6 is 0 Å². The van der Waals surface area contributed by atoms with Crippen LogP contribution in [0.2, 0.25) is 0 Å². The first-order valence-electron chi connectivity index (χ1n) is 48.4. The minimum absolute atomic E-state index is 0.00196. The van der Waals surface area contributed by atoms with E-state index in [1.54, 1.807) is 39.1 Å². The first-order chi connectivity index (χ1) is 67.7. The molecule has 42 heteroatoms. The van der Waals surface area contributed by atoms with Gasteiger partial charge in [-0.15, -0.1) is 0 Å². The van der Waals surface area contributed by atoms with E-state index in [1.807, 2.05) is 89.2 Å². The number of unbranched alkanes of at least 4 members (excludes halogenated alkanes) is 1. The second-order valence-electron chi connectivity index (χ2n) is 36.7. The predicted octanol–water partition coefficient (Wildman–Crippen LogP) is 11.1. The predicted molar refractivity (Wildman–Crippen MR) is 538 cm³/mol. The Hall–Kier alpha value is -11.2. The molecular formula is C102H145F6N15O18S3. The number of sulfonamides is 3. The van der Waals surface area contributed by atoms with E-state index in [2.05, 4.69) is 32.2 Å². The monoisotopic (exact) mass is 2080 g/mol. The molecule has 9 amide bonds. The van der Waals surface area contributed by atoms with Gasteiger partial charge in [0.05, 0.1) is 57.5 Å². The van der Waals surface area contributed by atoms with Crippen molar-refractivity contribution < 1.29 is 110 Å². The summed E-state index contributed by atoms with van der Waals surface area (Å²) in [6.45, 7) is 25.7. The number of carbonyl (C=O) groups excluding carboxylic acids is 9. The number of halogens is 6. The number of nitrogens with zero attached hydrogens (tertiary/aromatic N) is 8. The lowest BCUT2D eigenvalue weighted by molar-refractivity contribution is -0.128. The molecule has 0 aliphatic carbocycles. The van der Waals surface area contributed by atoms with Crippen molar-refractivity contribution >= 4 is 83.2 Å². The number of primary sulfonamides is 1. The molecule has 33 nitrogen and oxygen atoms in total. The molecule has 6 unspecified atom stereocenters. The summed E-state index contributed by atoms with van der Waals surface area (Å²) >= 11 is 0. The quantitative estimate of drug-likeness (QED) is 0.0125. The molecule has 0 aromatic heterocycles. The summed E-state index contributed by atoms with van der Waals surface area (Å²) in [7, 11) is -5.69. The number of carbonyl (C=O) groups is 9. The van der Waals surface area contributed by atoms with Crippen molar-refractivity contribution in [1.82, 2.24) is 70.6 Å². The Bertz CT molecular complexity index is 5700. The molecule has 6 atom stereocenters. The van der Waals surface area contributed by atoms with Crippen LogP contribution in [0.15, 0.2) is 154 Å². The van der Waals surface area contributed by atoms with Crippen molar-refractivity contribution in [1.29, 1.82) is 0 Å². The van der Waals surface area contributed by atoms with Gasteiger partial charge in [-0.25, -0.2) is 80.4 Å². The lowest BCUT2D eigenvalue weighted by atomic mass is 9.99. The van der Waals surface area contributed by atoms with Crippen LogP contribution in [-0.2, 0) is 70.1 Å². The summed E-state index contributed by atoms with van der Waals surface area (Å²) in [6.07, 6.45) is 1.90. The topological polar surface area (TPSA) is 441 Å². The zero-order valence-electron chi connectivity index (χ0n) is 85.4. The van der Waals surface area contributed by atoms with Gasteiger partial charge < -0.3 is 46.0 Å². The average molecular weight is 2080 g/mol. The van der Waals surface area contributed by atoms with Crippen LogP contribution in [0.25, 0.3) is 0 Å². The highest BCUT2D eigenvalue weighted by molar-refractivity contribution is 7.89. The number of nitrogens with two attached hydrogens (primary N) is 1. The van der Waals surface area contributed by atoms with Crippen LogP contribution in [-0.4, -0.2) is 276 Å². The number of nitrogens with one attached hydrogen (secondary N) is 6. The highest BCUT2D eigenvalue weighted by Gasteiger charge is 2.35. The van der Waals surface area contributed by atoms with Crippen molar-refractivity contribution in [3.63, 3.8) is 0 Å². The minimum atomic E-state index is -4.35. The molecule has 0 fully saturated rings. The number of rotatable bonds is 55. The van der Waals surface area contributed by atoms with Crippen LogP contribution in [0.1, 0.15) is 238 Å². The Labute approximate surface area is 843 Å². The van der Waals surface area contributed by atoms with Crippen molar-refractivity contribution in [2.45, 2.75) is 231 Å². The molecule has 0 heterocycles. The van der Waals surface area contributed by atoms with E-state index in [1.165, 1.54) is 80.5 Å². The fourth-order valence-electron chi connectivity index (χ4n) is 15.5. The summed E-state index contributed by atoms with van der Waals surface area (Å²) in [5.74, 6) is -9.65. The number of aliphatic hydroxyl groups excluding tert-OH is 3. The Morgan fingerprint density at radius 2 is 0.625 bits per heavy atom. The second kappa shape index (κ2) is 60.1. The van der Waals surface area contributed by atoms with E-state index in [4.69, 9.17) is 5.14 Å². The van der Waals surface area contributed by atoms with Gasteiger partial charge in [0.15, 0.2) is 0 Å². The fraction of sp³-hybridized carbons (Fsp3) is 0.500. The summed E-state index contributed by atoms with van der Waals surface area (Å²) in [5, 5.41) is 52.0. The van der Waals surface area contributed by atoms with Gasteiger partial charge in [0.25, 0.3) is 35.4 Å². The standard InChI is InChI=1S/C35H53F2N5O6S.C34H51F2N5O6S.C33H41F2N5O6S/c1-8-11-14-42(39-33(44)15-24(4)5)23-32(43)31(18-25-16-28(36)22-29(37)17-25)38-34(45)26-19-27(35(46)41(12-9-2)13-10-3)21-30(20-26)49(47,48)40(6)7;1-8-11-40(12-9-2)34(45)26-18-25(19-29(20-26)48(46,47)39(6)7)33(44)37-30(17-24-15-27(35)21-28(36)16-24)31(42)22-41(13-10-3)38-32(43)14-23(4)5;1-4-11-40(12-5-2)33(44)25-17-24(18-28(19-25)47(36,45)46)32(43)37-29(15-23-13-26(34)20-27(35)14-23)30(41)21-39(3)38-31(42)16-22-9-7-6-8-10-22/h16-17,19-22,24,31-32,43H,8-15,18,23H2,1-7H3,(H,38,45)(H,39,44);15-16,18-21,23,30-31,42H,8-14,17,22H2,1-7H3,(H,37,44)(H,38,43);6-10,13-14,17-20,29-30,41H,4-5,11-12,15-16,21H2,1-3H3,(H,37,43)(H,38,42)(H2,36,45,46). The van der Waals surface area contributed by atoms with Gasteiger partial charge in [-0.05, 0) is 196 Å². The largest absolute Gasteiger partial charge is 0.390 e. The zero-order chi connectivity index (χ0) is 108. The highest BCUT2D eigenvalue weighted by Crippen LogP contribution is 2.27. The second-order valence-corrected chi connectivity index (χ2v) is 42.6. The van der Waals surface area contributed by atoms with Crippen molar-refractivity contribution in [2.75, 3.05) is 107 Å². The molecule has 7 aromatic carbocycles. The van der Waals surface area contributed by atoms with E-state index < -0.39 is 142 Å². The number of aliphatic hydroxyl groups is 3. The molecule has 796 valence electrons. The SMILES string of the molecule is CCCCN(CC(O)C(Cc1cc(F)cc(F)c1)NC(=O)c1cc(C(=O)N(CCC)CCC)cc(S(=O)(=O)N(C)C)c1)NC(=O)CC(C)C.CCCN(CC(O)C(Cc1cc(F)cc(F)c1)NC(=O)c1cc(C(=O)N(CCC)CCC)cc(S(=O)(=O)N(C)C)c1)NC(=O)CC(C)C.CCCN(CCC)C(=O)c1cc(C(=O)NC(Cc2cc(F)cc(F)c2)C(O)CN(C)NC(=O)Cc2ccccc2)cc(S(N)(=O)=O)c1. The molecule has 7 aromatic rings. The van der Waals surface area contributed by atoms with E-state index in [9.17, 15) is 110 Å². The van der Waals surface area contributed by atoms with E-state index in [0.29, 0.717) is 122 Å². The smallest absolute Gasteiger partial charge is 0.253 e. The van der Waals surface area contributed by atoms with Crippen LogP contribution in [0.5, 0.6) is 0 Å². The molecule has 7 rings (SSSR count). The first-order valence-corrected chi connectivity index (χ1v) is 52.8. The van der Waals surface area contributed by atoms with Crippen LogP contribution in [0.4, 0.5) is 26.3 Å². The number of amides is 9. The van der Waals surface area contributed by atoms with Gasteiger partial charge in [0, 0.05) is 172 Å². The molecule has 0 radical (unpaired) electrons. The minimum Gasteiger partial charge on any atom is -0.390 e. The lowest BCUT2D eigenvalue weighted by Gasteiger charge is -2.31. The third-order valence-corrected chi connectivity index (χ3v) is 26.7. The summed E-state index contributed by atoms with van der Waals surface area (Å²) in [4.78, 5) is 123. The highest BCUT2D eigenvalue weighted by atomic mass is 32.2. The summed E-state index contributed by atoms with van der Waals surface area (Å²) in [5.41, 5.74) is 8.78. The molecular weight excluding hydrogens is 1930 g/mol. The summed E-state index contributed by atoms with van der Waals surface area (Å²) < 4.78 is 164. The number of benzene rings is 7. The molecule has 0 bridgehead atoms. The van der Waals surface area contributed by atoms with Gasteiger partial charge in [0.2, 0.25) is 47.8 Å². The number of hydrogen-bond donors (Lipinski definition) is 10. The van der Waals surface area contributed by atoms with E-state index in [0.717, 1.165) is 81.3 Å². The third-order valence-electron chi connectivity index (χ3n) is 22.3. The molecule has 0 aliphatic heterocycles. The number of hydrogen-bond acceptors (Lipinski definition) is 21. The van der Waals surface area contributed by atoms with Crippen molar-refractivity contribution in [2.24, 2.45) is 17.0 Å². The average Bonchev–Trinajstić information content (AvgIpc) is 0.789. The number of likely N-dealkylation sites (N-methyl/N-ethyl adjacent to an activating group) is 1. The van der Waals surface area contributed by atoms with Crippen molar-refractivity contribution in [3.8, 4) is 0 Å². The maximum absolute atomic E-state index is 14.2. The number of hydrazine groups is 3. The Morgan fingerprint density at radius 3 is 0.910 bits per heavy atom. The Kier molecular flexibility index (Phi) is 51.4. The Morgan fingerprint density at radius 1 is 0.340 bits per heavy atom. The fourth-order valence-corrected chi connectivity index (χ4v) is 18.0. The molecule has 0 saturated heterocycles. The molecule has 0 saturated carbocycles. The third kappa shape index (κ3) is 41.0. The van der Waals surface area contributed by atoms with Gasteiger partial charge in [-0.2, -0.15) is 0 Å². The normalized spacial score (nSPS) is 13.0. The summed E-state index contributed by atoms with van der Waals surface area (Å²) in [6, 6.07) is 24.7. The van der Waals surface area contributed by atoms with Gasteiger partial charge in [-0.3, -0.25) is 59.4 Å². The first kappa shape index (κ1) is 123. The molecule has 0 spiro atoms. The maximum atomic E-state index is 14.2. The van der Waals surface area contributed by atoms with Gasteiger partial charge in [-0.1, -0.05) is 120 Å². The van der Waals surface area contributed by atoms with Crippen LogP contribution in [0.3, 0.4) is 0 Å². The maximum Gasteiger partial charge on any atom is 0.253 e. The van der Waals surface area contributed by atoms with E-state index in [-0.39, 0.29) is 148 Å². The van der Waals surface area contributed by atoms with Crippen molar-refractivity contribution in [3.05, 3.63) is 230 Å². The van der Waals surface area contributed by atoms with Gasteiger partial charge >= 0.3 is 0 Å². The van der Waals surface area contributed by atoms with Gasteiger partial charge in [0.1, 0.15) is 34.9 Å². The molecule has 11 N–H and O–H groups in total. The molecule has 144 heavy (non-hydrogen) atoms. The zero-order valence-corrected chi connectivity index (χ0v) is 87.8. The van der Waals surface area contributed by atoms with Crippen LogP contribution < -0.4 is 37.4 Å².